The largest absolute Gasteiger partial charge is 0.467 e. The zero-order valence-corrected chi connectivity index (χ0v) is 13.4. The lowest BCUT2D eigenvalue weighted by molar-refractivity contribution is 0.506. The lowest BCUT2D eigenvalue weighted by atomic mass is 10.3. The van der Waals surface area contributed by atoms with Crippen molar-refractivity contribution in [3.8, 4) is 0 Å². The van der Waals surface area contributed by atoms with Gasteiger partial charge in [-0.05, 0) is 12.1 Å². The summed E-state index contributed by atoms with van der Waals surface area (Å²) in [5.74, 6) is 1.95. The van der Waals surface area contributed by atoms with Crippen molar-refractivity contribution in [2.75, 3.05) is 11.9 Å². The van der Waals surface area contributed by atoms with Gasteiger partial charge in [0.05, 0.1) is 18.5 Å². The summed E-state index contributed by atoms with van der Waals surface area (Å²) in [5.41, 5.74) is 1.19. The van der Waals surface area contributed by atoms with E-state index in [1.165, 1.54) is 5.69 Å². The van der Waals surface area contributed by atoms with Gasteiger partial charge in [-0.3, -0.25) is 4.40 Å². The highest BCUT2D eigenvalue weighted by Crippen LogP contribution is 2.25. The monoisotopic (exact) mass is 304 g/mol. The number of fused-ring (bicyclic) bond motifs is 1. The van der Waals surface area contributed by atoms with Gasteiger partial charge in [-0.1, -0.05) is 13.8 Å². The molecule has 0 aliphatic carbocycles. The number of hydrogen-bond acceptors (Lipinski definition) is 5. The van der Waals surface area contributed by atoms with Crippen LogP contribution in [0.15, 0.2) is 34.4 Å². The smallest absolute Gasteiger partial charge is 0.195 e. The standard InChI is InChI=1S/C15H20N4OS/c1-11(2)16-9-13-14(17-15-19(13)6-8-21-15)18(3)10-12-5-4-7-20-12/h4-8,11,16H,9-10H2,1-3H3. The van der Waals surface area contributed by atoms with Crippen molar-refractivity contribution >= 4 is 22.1 Å². The van der Waals surface area contributed by atoms with Crippen LogP contribution in [0.2, 0.25) is 0 Å². The first-order valence-electron chi connectivity index (χ1n) is 7.06. The van der Waals surface area contributed by atoms with Crippen LogP contribution in [-0.2, 0) is 13.1 Å². The molecule has 0 aliphatic rings. The predicted octanol–water partition coefficient (Wildman–Crippen LogP) is 3.12. The van der Waals surface area contributed by atoms with Gasteiger partial charge in [0.2, 0.25) is 0 Å². The number of nitrogens with zero attached hydrogens (tertiary/aromatic N) is 3. The van der Waals surface area contributed by atoms with E-state index in [0.717, 1.165) is 23.1 Å². The second kappa shape index (κ2) is 5.91. The Bertz CT molecular complexity index is 698. The molecule has 0 atom stereocenters. The highest BCUT2D eigenvalue weighted by molar-refractivity contribution is 7.15. The van der Waals surface area contributed by atoms with Crippen molar-refractivity contribution in [1.29, 1.82) is 0 Å². The molecule has 5 nitrogen and oxygen atoms in total. The second-order valence-corrected chi connectivity index (χ2v) is 6.28. The molecule has 112 valence electrons. The lowest BCUT2D eigenvalue weighted by Gasteiger charge is -2.18. The van der Waals surface area contributed by atoms with E-state index < -0.39 is 0 Å². The van der Waals surface area contributed by atoms with Crippen molar-refractivity contribution in [2.24, 2.45) is 0 Å². The summed E-state index contributed by atoms with van der Waals surface area (Å²) in [6, 6.07) is 4.34. The summed E-state index contributed by atoms with van der Waals surface area (Å²) in [6.07, 6.45) is 3.78. The third kappa shape index (κ3) is 2.96. The number of nitrogens with one attached hydrogen (secondary N) is 1. The average Bonchev–Trinajstić information content (AvgIpc) is 3.12. The molecule has 6 heteroatoms. The summed E-state index contributed by atoms with van der Waals surface area (Å²) in [7, 11) is 2.05. The highest BCUT2D eigenvalue weighted by Gasteiger charge is 2.17. The molecule has 0 aliphatic heterocycles. The van der Waals surface area contributed by atoms with Gasteiger partial charge >= 0.3 is 0 Å². The average molecular weight is 304 g/mol. The molecule has 0 bridgehead atoms. The summed E-state index contributed by atoms with van der Waals surface area (Å²) in [4.78, 5) is 7.92. The second-order valence-electron chi connectivity index (χ2n) is 5.41. The molecule has 0 aromatic carbocycles. The zero-order chi connectivity index (χ0) is 14.8. The van der Waals surface area contributed by atoms with E-state index in [2.05, 4.69) is 40.0 Å². The Morgan fingerprint density at radius 1 is 1.48 bits per heavy atom. The third-order valence-corrected chi connectivity index (χ3v) is 4.11. The molecule has 0 amide bonds. The first-order chi connectivity index (χ1) is 10.1. The van der Waals surface area contributed by atoms with Gasteiger partial charge in [0.1, 0.15) is 5.76 Å². The van der Waals surface area contributed by atoms with Gasteiger partial charge in [-0.15, -0.1) is 11.3 Å². The minimum Gasteiger partial charge on any atom is -0.467 e. The van der Waals surface area contributed by atoms with Crippen molar-refractivity contribution in [1.82, 2.24) is 14.7 Å². The molecule has 3 rings (SSSR count). The molecule has 0 saturated carbocycles. The van der Waals surface area contributed by atoms with Crippen LogP contribution in [-0.4, -0.2) is 22.5 Å². The third-order valence-electron chi connectivity index (χ3n) is 3.35. The quantitative estimate of drug-likeness (QED) is 0.760. The molecule has 0 saturated heterocycles. The number of hydrogen-bond donors (Lipinski definition) is 1. The number of aromatic nitrogens is 2. The lowest BCUT2D eigenvalue weighted by Crippen LogP contribution is -2.25. The zero-order valence-electron chi connectivity index (χ0n) is 12.5. The van der Waals surface area contributed by atoms with E-state index in [9.17, 15) is 0 Å². The van der Waals surface area contributed by atoms with E-state index in [0.29, 0.717) is 12.6 Å². The minimum absolute atomic E-state index is 0.442. The van der Waals surface area contributed by atoms with Crippen LogP contribution in [0.5, 0.6) is 0 Å². The van der Waals surface area contributed by atoms with Crippen molar-refractivity contribution in [2.45, 2.75) is 33.0 Å². The molecule has 0 fully saturated rings. The van der Waals surface area contributed by atoms with Gasteiger partial charge in [0.25, 0.3) is 0 Å². The molecule has 1 N–H and O–H groups in total. The van der Waals surface area contributed by atoms with Crippen molar-refractivity contribution in [3.05, 3.63) is 41.4 Å². The van der Waals surface area contributed by atoms with Crippen LogP contribution in [0, 0.1) is 0 Å². The maximum atomic E-state index is 5.43. The Labute approximate surface area is 128 Å². The molecule has 3 aromatic rings. The van der Waals surface area contributed by atoms with Gasteiger partial charge in [0, 0.05) is 31.2 Å². The van der Waals surface area contributed by atoms with Gasteiger partial charge in [-0.2, -0.15) is 0 Å². The summed E-state index contributed by atoms with van der Waals surface area (Å²) in [5, 5.41) is 5.54. The highest BCUT2D eigenvalue weighted by atomic mass is 32.1. The van der Waals surface area contributed by atoms with E-state index >= 15 is 0 Å². The minimum atomic E-state index is 0.442. The fourth-order valence-electron chi connectivity index (χ4n) is 2.30. The van der Waals surface area contributed by atoms with Crippen molar-refractivity contribution in [3.63, 3.8) is 0 Å². The molecular formula is C15H20N4OS. The van der Waals surface area contributed by atoms with E-state index in [1.54, 1.807) is 17.6 Å². The SMILES string of the molecule is CC(C)NCc1c(N(C)Cc2ccco2)nc2sccn12. The number of imidazole rings is 1. The fourth-order valence-corrected chi connectivity index (χ4v) is 3.03. The molecule has 3 aromatic heterocycles. The molecule has 0 radical (unpaired) electrons. The summed E-state index contributed by atoms with van der Waals surface area (Å²) >= 11 is 1.66. The van der Waals surface area contributed by atoms with Gasteiger partial charge in [-0.25, -0.2) is 4.98 Å². The van der Waals surface area contributed by atoms with Crippen LogP contribution in [0.1, 0.15) is 25.3 Å². The van der Waals surface area contributed by atoms with E-state index in [1.807, 2.05) is 19.2 Å². The van der Waals surface area contributed by atoms with Crippen LogP contribution in [0.4, 0.5) is 5.82 Å². The van der Waals surface area contributed by atoms with Crippen LogP contribution in [0.3, 0.4) is 0 Å². The fraction of sp³-hybridized carbons (Fsp3) is 0.400. The molecule has 0 spiro atoms. The Morgan fingerprint density at radius 2 is 2.33 bits per heavy atom. The maximum Gasteiger partial charge on any atom is 0.195 e. The molecular weight excluding hydrogens is 284 g/mol. The summed E-state index contributed by atoms with van der Waals surface area (Å²) < 4.78 is 7.59. The van der Waals surface area contributed by atoms with E-state index in [-0.39, 0.29) is 0 Å². The first kappa shape index (κ1) is 14.2. The van der Waals surface area contributed by atoms with Crippen LogP contribution < -0.4 is 10.2 Å². The van der Waals surface area contributed by atoms with Gasteiger partial charge in [0.15, 0.2) is 10.8 Å². The molecule has 0 unspecified atom stereocenters. The number of rotatable bonds is 6. The Hall–Kier alpha value is -1.79. The Balaban J connectivity index is 1.88. The molecule has 21 heavy (non-hydrogen) atoms. The maximum absolute atomic E-state index is 5.43. The normalized spacial score (nSPS) is 11.6. The van der Waals surface area contributed by atoms with Crippen LogP contribution >= 0.6 is 11.3 Å². The number of furan rings is 1. The number of thiazole rings is 1. The van der Waals surface area contributed by atoms with Crippen molar-refractivity contribution < 1.29 is 4.42 Å². The topological polar surface area (TPSA) is 45.7 Å². The van der Waals surface area contributed by atoms with E-state index in [4.69, 9.17) is 9.40 Å². The first-order valence-corrected chi connectivity index (χ1v) is 7.94. The number of anilines is 1. The predicted molar refractivity (Wildman–Crippen MR) is 85.9 cm³/mol. The van der Waals surface area contributed by atoms with Gasteiger partial charge < -0.3 is 14.6 Å². The summed E-state index contributed by atoms with van der Waals surface area (Å²) in [6.45, 7) is 5.82. The van der Waals surface area contributed by atoms with Crippen LogP contribution in [0.25, 0.3) is 4.96 Å². The Kier molecular flexibility index (Phi) is 3.98. The Morgan fingerprint density at radius 3 is 3.05 bits per heavy atom. The molecule has 3 heterocycles.